The molecule has 2 rings (SSSR count). The minimum Gasteiger partial charge on any atom is -0.392 e. The van der Waals surface area contributed by atoms with E-state index in [2.05, 4.69) is 10.1 Å². The summed E-state index contributed by atoms with van der Waals surface area (Å²) in [6.07, 6.45) is 0.469. The molecule has 2 atom stereocenters. The van der Waals surface area contributed by atoms with Crippen LogP contribution < -0.4 is 0 Å². The van der Waals surface area contributed by atoms with Gasteiger partial charge in [-0.15, -0.1) is 0 Å². The van der Waals surface area contributed by atoms with Crippen LogP contribution in [0.1, 0.15) is 30.5 Å². The molecule has 0 bridgehead atoms. The van der Waals surface area contributed by atoms with Gasteiger partial charge in [-0.3, -0.25) is 0 Å². The van der Waals surface area contributed by atoms with Crippen LogP contribution in [-0.4, -0.2) is 34.6 Å². The van der Waals surface area contributed by atoms with E-state index in [0.717, 1.165) is 13.0 Å². The predicted molar refractivity (Wildman–Crippen MR) is 52.4 cm³/mol. The van der Waals surface area contributed by atoms with Crippen molar-refractivity contribution < 1.29 is 14.4 Å². The minimum absolute atomic E-state index is 0.0737. The Kier molecular flexibility index (Phi) is 3.49. The van der Waals surface area contributed by atoms with Gasteiger partial charge >= 0.3 is 0 Å². The maximum atomic E-state index is 9.40. The zero-order chi connectivity index (χ0) is 11.4. The van der Waals surface area contributed by atoms with Gasteiger partial charge in [0.05, 0.1) is 31.6 Å². The van der Waals surface area contributed by atoms with Gasteiger partial charge in [-0.2, -0.15) is 10.2 Å². The highest BCUT2D eigenvalue weighted by atomic mass is 16.5. The fourth-order valence-electron chi connectivity index (χ4n) is 1.63. The topological polar surface area (TPSA) is 92.2 Å². The van der Waals surface area contributed by atoms with Crippen LogP contribution >= 0.6 is 0 Å². The van der Waals surface area contributed by atoms with Gasteiger partial charge in [0, 0.05) is 12.5 Å². The molecule has 1 N–H and O–H groups in total. The Balaban J connectivity index is 1.94. The molecule has 0 aromatic carbocycles. The second kappa shape index (κ2) is 5.05. The third-order valence-electron chi connectivity index (χ3n) is 2.52. The van der Waals surface area contributed by atoms with E-state index in [9.17, 15) is 5.11 Å². The molecule has 0 spiro atoms. The van der Waals surface area contributed by atoms with E-state index in [4.69, 9.17) is 14.5 Å². The molecule has 0 aliphatic carbocycles. The molecule has 2 unspecified atom stereocenters. The molecule has 0 radical (unpaired) electrons. The average Bonchev–Trinajstić information content (AvgIpc) is 2.86. The van der Waals surface area contributed by atoms with Crippen molar-refractivity contribution in [3.05, 3.63) is 11.7 Å². The van der Waals surface area contributed by atoms with E-state index in [1.807, 2.05) is 6.07 Å². The Morgan fingerprint density at radius 3 is 3.19 bits per heavy atom. The van der Waals surface area contributed by atoms with Crippen LogP contribution in [0.4, 0.5) is 0 Å². The van der Waals surface area contributed by atoms with Crippen molar-refractivity contribution >= 4 is 0 Å². The Bertz CT molecular complexity index is 379. The highest BCUT2D eigenvalue weighted by Crippen LogP contribution is 2.22. The van der Waals surface area contributed by atoms with Gasteiger partial charge in [0.2, 0.25) is 5.89 Å². The van der Waals surface area contributed by atoms with Crippen LogP contribution in [-0.2, 0) is 11.2 Å². The lowest BCUT2D eigenvalue weighted by atomic mass is 10.1. The Labute approximate surface area is 92.8 Å². The van der Waals surface area contributed by atoms with Gasteiger partial charge in [-0.25, -0.2) is 0 Å². The molecule has 1 aliphatic heterocycles. The SMILES string of the molecule is N#CCC(O)Cc1nc(C2CCOC2)no1. The van der Waals surface area contributed by atoms with Crippen LogP contribution in [0.15, 0.2) is 4.52 Å². The first-order valence-electron chi connectivity index (χ1n) is 5.25. The van der Waals surface area contributed by atoms with Crippen molar-refractivity contribution in [1.29, 1.82) is 5.26 Å². The Morgan fingerprint density at radius 1 is 1.62 bits per heavy atom. The van der Waals surface area contributed by atoms with Gasteiger partial charge in [0.25, 0.3) is 0 Å². The number of hydrogen-bond acceptors (Lipinski definition) is 6. The van der Waals surface area contributed by atoms with Gasteiger partial charge in [-0.05, 0) is 6.42 Å². The van der Waals surface area contributed by atoms with Crippen molar-refractivity contribution in [3.63, 3.8) is 0 Å². The fraction of sp³-hybridized carbons (Fsp3) is 0.700. The number of aliphatic hydroxyl groups is 1. The summed E-state index contributed by atoms with van der Waals surface area (Å²) in [5, 5.41) is 21.7. The fourth-order valence-corrected chi connectivity index (χ4v) is 1.63. The first-order valence-corrected chi connectivity index (χ1v) is 5.25. The van der Waals surface area contributed by atoms with Crippen molar-refractivity contribution in [2.24, 2.45) is 0 Å². The number of aliphatic hydroxyl groups excluding tert-OH is 1. The smallest absolute Gasteiger partial charge is 0.229 e. The zero-order valence-electron chi connectivity index (χ0n) is 8.80. The quantitative estimate of drug-likeness (QED) is 0.793. The summed E-state index contributed by atoms with van der Waals surface area (Å²) >= 11 is 0. The van der Waals surface area contributed by atoms with Crippen LogP contribution in [0, 0.1) is 11.3 Å². The summed E-state index contributed by atoms with van der Waals surface area (Å²) in [5.41, 5.74) is 0. The summed E-state index contributed by atoms with van der Waals surface area (Å²) in [4.78, 5) is 4.19. The van der Waals surface area contributed by atoms with Crippen LogP contribution in [0.3, 0.4) is 0 Å². The average molecular weight is 223 g/mol. The summed E-state index contributed by atoms with van der Waals surface area (Å²) < 4.78 is 10.2. The molecule has 0 saturated carbocycles. The lowest BCUT2D eigenvalue weighted by Crippen LogP contribution is -2.09. The Hall–Kier alpha value is -1.45. The van der Waals surface area contributed by atoms with Gasteiger partial charge in [-0.1, -0.05) is 5.16 Å². The molecule has 6 nitrogen and oxygen atoms in total. The summed E-state index contributed by atoms with van der Waals surface area (Å²) in [6, 6.07) is 1.89. The molecule has 0 amide bonds. The lowest BCUT2D eigenvalue weighted by Gasteiger charge is -2.00. The second-order valence-corrected chi connectivity index (χ2v) is 3.83. The van der Waals surface area contributed by atoms with Crippen molar-refractivity contribution in [1.82, 2.24) is 10.1 Å². The largest absolute Gasteiger partial charge is 0.392 e. The van der Waals surface area contributed by atoms with E-state index < -0.39 is 6.10 Å². The summed E-state index contributed by atoms with van der Waals surface area (Å²) in [5.74, 6) is 1.21. The highest BCUT2D eigenvalue weighted by molar-refractivity contribution is 4.98. The van der Waals surface area contributed by atoms with E-state index in [1.165, 1.54) is 0 Å². The molecule has 1 saturated heterocycles. The summed E-state index contributed by atoms with van der Waals surface area (Å²) in [7, 11) is 0. The maximum absolute atomic E-state index is 9.40. The van der Waals surface area contributed by atoms with Crippen molar-refractivity contribution in [3.8, 4) is 6.07 Å². The first-order chi connectivity index (χ1) is 7.79. The zero-order valence-corrected chi connectivity index (χ0v) is 8.80. The molecule has 16 heavy (non-hydrogen) atoms. The molecule has 1 aliphatic rings. The number of aromatic nitrogens is 2. The van der Waals surface area contributed by atoms with Gasteiger partial charge in [0.15, 0.2) is 5.82 Å². The van der Waals surface area contributed by atoms with Crippen LogP contribution in [0.25, 0.3) is 0 Å². The Morgan fingerprint density at radius 2 is 2.50 bits per heavy atom. The van der Waals surface area contributed by atoms with E-state index >= 15 is 0 Å². The number of ether oxygens (including phenoxy) is 1. The monoisotopic (exact) mass is 223 g/mol. The number of hydrogen-bond donors (Lipinski definition) is 1. The standard InChI is InChI=1S/C10H13N3O3/c11-3-1-8(14)5-9-12-10(13-16-9)7-2-4-15-6-7/h7-8,14H,1-2,4-6H2. The molecule has 6 heteroatoms. The van der Waals surface area contributed by atoms with Crippen molar-refractivity contribution in [2.75, 3.05) is 13.2 Å². The second-order valence-electron chi connectivity index (χ2n) is 3.83. The minimum atomic E-state index is -0.738. The number of nitriles is 1. The highest BCUT2D eigenvalue weighted by Gasteiger charge is 2.23. The van der Waals surface area contributed by atoms with Crippen molar-refractivity contribution in [2.45, 2.75) is 31.3 Å². The number of nitrogens with zero attached hydrogens (tertiary/aromatic N) is 3. The molecular weight excluding hydrogens is 210 g/mol. The van der Waals surface area contributed by atoms with E-state index in [0.29, 0.717) is 18.3 Å². The predicted octanol–water partition coefficient (Wildman–Crippen LogP) is 0.391. The third kappa shape index (κ3) is 2.56. The van der Waals surface area contributed by atoms with Crippen LogP contribution in [0.5, 0.6) is 0 Å². The normalized spacial score (nSPS) is 21.9. The van der Waals surface area contributed by atoms with Gasteiger partial charge < -0.3 is 14.4 Å². The molecule has 1 aromatic rings. The first kappa shape index (κ1) is 11.0. The number of rotatable bonds is 4. The molecule has 1 fully saturated rings. The molecule has 86 valence electrons. The lowest BCUT2D eigenvalue weighted by molar-refractivity contribution is 0.166. The van der Waals surface area contributed by atoms with Crippen LogP contribution in [0.2, 0.25) is 0 Å². The molecular formula is C10H13N3O3. The third-order valence-corrected chi connectivity index (χ3v) is 2.52. The van der Waals surface area contributed by atoms with Gasteiger partial charge in [0.1, 0.15) is 0 Å². The molecule has 2 heterocycles. The molecule has 1 aromatic heterocycles. The summed E-state index contributed by atoms with van der Waals surface area (Å²) in [6.45, 7) is 1.35. The van der Waals surface area contributed by atoms with E-state index in [-0.39, 0.29) is 18.8 Å². The van der Waals surface area contributed by atoms with E-state index in [1.54, 1.807) is 0 Å². The maximum Gasteiger partial charge on any atom is 0.229 e.